The van der Waals surface area contributed by atoms with E-state index in [0.717, 1.165) is 0 Å². The number of likely N-dealkylation sites (N-methyl/N-ethyl adjacent to an activating group) is 1. The van der Waals surface area contributed by atoms with E-state index in [9.17, 15) is 13.2 Å². The van der Waals surface area contributed by atoms with Crippen molar-refractivity contribution in [1.29, 1.82) is 0 Å². The zero-order chi connectivity index (χ0) is 18.4. The number of carbonyl (C=O) groups is 1. The molecule has 0 spiro atoms. The van der Waals surface area contributed by atoms with E-state index in [-0.39, 0.29) is 11.9 Å². The summed E-state index contributed by atoms with van der Waals surface area (Å²) in [4.78, 5) is 15.8. The number of aromatic nitrogens is 3. The summed E-state index contributed by atoms with van der Waals surface area (Å²) in [5, 5.41) is 8.41. The lowest BCUT2D eigenvalue weighted by Crippen LogP contribution is -2.49. The summed E-state index contributed by atoms with van der Waals surface area (Å²) in [5.41, 5.74) is 1.15. The Morgan fingerprint density at radius 2 is 1.96 bits per heavy atom. The molecular weight excluding hydrogens is 344 g/mol. The van der Waals surface area contributed by atoms with Crippen molar-refractivity contribution in [2.24, 2.45) is 0 Å². The van der Waals surface area contributed by atoms with Gasteiger partial charge in [0.15, 0.2) is 11.5 Å². The highest BCUT2D eigenvalue weighted by molar-refractivity contribution is 7.88. The minimum Gasteiger partial charge on any atom is -0.345 e. The van der Waals surface area contributed by atoms with E-state index in [4.69, 9.17) is 0 Å². The molecule has 0 radical (unpaired) electrons. The highest BCUT2D eigenvalue weighted by Crippen LogP contribution is 2.24. The third-order valence-corrected chi connectivity index (χ3v) is 5.73. The normalized spacial score (nSPS) is 20.1. The topological polar surface area (TPSA) is 91.1 Å². The van der Waals surface area contributed by atoms with Crippen LogP contribution < -0.4 is 0 Å². The maximum absolute atomic E-state index is 12.2. The predicted octanol–water partition coefficient (Wildman–Crippen LogP) is -0.321. The van der Waals surface area contributed by atoms with E-state index in [1.807, 2.05) is 7.05 Å². The summed E-state index contributed by atoms with van der Waals surface area (Å²) in [5.74, 6) is 0.510. The minimum atomic E-state index is -3.27. The van der Waals surface area contributed by atoms with Gasteiger partial charge in [-0.05, 0) is 19.2 Å². The molecule has 1 atom stereocenters. The first-order valence-corrected chi connectivity index (χ1v) is 9.75. The van der Waals surface area contributed by atoms with Crippen LogP contribution in [-0.4, -0.2) is 90.1 Å². The Morgan fingerprint density at radius 1 is 1.24 bits per heavy atom. The second kappa shape index (κ2) is 6.36. The largest absolute Gasteiger partial charge is 0.345 e. The second-order valence-corrected chi connectivity index (χ2v) is 8.50. The van der Waals surface area contributed by atoms with Gasteiger partial charge in [-0.15, -0.1) is 10.2 Å². The van der Waals surface area contributed by atoms with Crippen molar-refractivity contribution in [2.45, 2.75) is 6.04 Å². The zero-order valence-corrected chi connectivity index (χ0v) is 15.6. The maximum atomic E-state index is 12.2. The van der Waals surface area contributed by atoms with Crippen LogP contribution in [0.2, 0.25) is 0 Å². The first-order chi connectivity index (χ1) is 11.7. The maximum Gasteiger partial charge on any atom is 0.254 e. The van der Waals surface area contributed by atoms with Crippen molar-refractivity contribution >= 4 is 21.6 Å². The van der Waals surface area contributed by atoms with Gasteiger partial charge in [0, 0.05) is 39.9 Å². The number of amides is 1. The SMILES string of the molecule is CN(C)C(=O)c1ccc2nnc(C3CN(S(C)(=O)=O)CCN3C)n2c1. The van der Waals surface area contributed by atoms with Crippen molar-refractivity contribution < 1.29 is 13.2 Å². The molecule has 3 rings (SSSR count). The molecule has 0 aromatic carbocycles. The Morgan fingerprint density at radius 3 is 2.60 bits per heavy atom. The molecule has 3 heterocycles. The van der Waals surface area contributed by atoms with E-state index in [0.29, 0.717) is 36.7 Å². The number of sulfonamides is 1. The molecule has 1 saturated heterocycles. The summed E-state index contributed by atoms with van der Waals surface area (Å²) in [6, 6.07) is 3.22. The molecule has 1 fully saturated rings. The van der Waals surface area contributed by atoms with Gasteiger partial charge in [-0.1, -0.05) is 0 Å². The van der Waals surface area contributed by atoms with Crippen LogP contribution >= 0.6 is 0 Å². The fourth-order valence-electron chi connectivity index (χ4n) is 2.95. The molecule has 2 aromatic heterocycles. The molecule has 0 N–H and O–H groups in total. The van der Waals surface area contributed by atoms with Crippen molar-refractivity contribution in [1.82, 2.24) is 28.7 Å². The Bertz CT molecular complexity index is 907. The zero-order valence-electron chi connectivity index (χ0n) is 14.7. The molecule has 1 unspecified atom stereocenters. The molecule has 1 amide bonds. The van der Waals surface area contributed by atoms with Gasteiger partial charge in [0.1, 0.15) is 0 Å². The monoisotopic (exact) mass is 366 g/mol. The van der Waals surface area contributed by atoms with Gasteiger partial charge in [0.05, 0.1) is 17.9 Å². The summed E-state index contributed by atoms with van der Waals surface area (Å²) in [7, 11) is 2.05. The fraction of sp³-hybridized carbons (Fsp3) is 0.533. The quantitative estimate of drug-likeness (QED) is 0.739. The molecule has 9 nitrogen and oxygen atoms in total. The fourth-order valence-corrected chi connectivity index (χ4v) is 3.77. The van der Waals surface area contributed by atoms with Crippen LogP contribution in [0.4, 0.5) is 0 Å². The van der Waals surface area contributed by atoms with E-state index >= 15 is 0 Å². The van der Waals surface area contributed by atoms with Crippen molar-refractivity contribution in [3.8, 4) is 0 Å². The Hall–Kier alpha value is -2.04. The number of hydrogen-bond donors (Lipinski definition) is 0. The first-order valence-electron chi connectivity index (χ1n) is 7.90. The molecule has 2 aromatic rings. The third kappa shape index (κ3) is 3.37. The smallest absolute Gasteiger partial charge is 0.254 e. The molecule has 1 aliphatic heterocycles. The van der Waals surface area contributed by atoms with Gasteiger partial charge in [-0.3, -0.25) is 14.1 Å². The third-order valence-electron chi connectivity index (χ3n) is 4.46. The molecule has 136 valence electrons. The lowest BCUT2D eigenvalue weighted by Gasteiger charge is -2.37. The van der Waals surface area contributed by atoms with Gasteiger partial charge < -0.3 is 4.90 Å². The molecule has 10 heteroatoms. The standard InChI is InChI=1S/C15H22N6O3S/c1-18(2)15(22)11-5-6-13-16-17-14(21(13)9-11)12-10-20(25(4,23)24)8-7-19(12)3/h5-6,9,12H,7-8,10H2,1-4H3. The summed E-state index contributed by atoms with van der Waals surface area (Å²) in [6.07, 6.45) is 2.92. The van der Waals surface area contributed by atoms with Crippen LogP contribution in [-0.2, 0) is 10.0 Å². The van der Waals surface area contributed by atoms with Crippen molar-refractivity contribution in [3.05, 3.63) is 29.7 Å². The highest BCUT2D eigenvalue weighted by Gasteiger charge is 2.33. The molecule has 25 heavy (non-hydrogen) atoms. The van der Waals surface area contributed by atoms with Gasteiger partial charge in [-0.25, -0.2) is 8.42 Å². The van der Waals surface area contributed by atoms with Gasteiger partial charge in [0.2, 0.25) is 10.0 Å². The molecular formula is C15H22N6O3S. The predicted molar refractivity (Wildman–Crippen MR) is 92.8 cm³/mol. The second-order valence-electron chi connectivity index (χ2n) is 6.52. The van der Waals surface area contributed by atoms with E-state index in [2.05, 4.69) is 15.1 Å². The van der Waals surface area contributed by atoms with Gasteiger partial charge in [-0.2, -0.15) is 4.31 Å². The lowest BCUT2D eigenvalue weighted by molar-refractivity contribution is 0.0827. The summed E-state index contributed by atoms with van der Waals surface area (Å²) < 4.78 is 27.0. The first kappa shape index (κ1) is 17.8. The minimum absolute atomic E-state index is 0.115. The molecule has 1 aliphatic rings. The Balaban J connectivity index is 2.02. The summed E-state index contributed by atoms with van der Waals surface area (Å²) in [6.45, 7) is 1.36. The van der Waals surface area contributed by atoms with Gasteiger partial charge in [0.25, 0.3) is 5.91 Å². The highest BCUT2D eigenvalue weighted by atomic mass is 32.2. The van der Waals surface area contributed by atoms with E-state index in [1.54, 1.807) is 36.8 Å². The van der Waals surface area contributed by atoms with Crippen LogP contribution in [0, 0.1) is 0 Å². The number of fused-ring (bicyclic) bond motifs is 1. The molecule has 0 saturated carbocycles. The van der Waals surface area contributed by atoms with Crippen molar-refractivity contribution in [3.63, 3.8) is 0 Å². The number of pyridine rings is 1. The number of hydrogen-bond acceptors (Lipinski definition) is 6. The number of piperazine rings is 1. The van der Waals surface area contributed by atoms with Crippen LogP contribution in [0.25, 0.3) is 5.65 Å². The van der Waals surface area contributed by atoms with Crippen LogP contribution in [0.5, 0.6) is 0 Å². The molecule has 0 aliphatic carbocycles. The summed E-state index contributed by atoms with van der Waals surface area (Å²) >= 11 is 0. The number of nitrogens with zero attached hydrogens (tertiary/aromatic N) is 6. The Labute approximate surface area is 146 Å². The van der Waals surface area contributed by atoms with Crippen LogP contribution in [0.1, 0.15) is 22.2 Å². The van der Waals surface area contributed by atoms with Crippen molar-refractivity contribution in [2.75, 3.05) is 47.0 Å². The lowest BCUT2D eigenvalue weighted by atomic mass is 10.2. The van der Waals surface area contributed by atoms with Crippen LogP contribution in [0.3, 0.4) is 0 Å². The Kier molecular flexibility index (Phi) is 4.52. The number of rotatable bonds is 3. The van der Waals surface area contributed by atoms with E-state index in [1.165, 1.54) is 15.5 Å². The number of carbonyl (C=O) groups excluding carboxylic acids is 1. The van der Waals surface area contributed by atoms with Crippen LogP contribution in [0.15, 0.2) is 18.3 Å². The molecule has 0 bridgehead atoms. The van der Waals surface area contributed by atoms with E-state index < -0.39 is 10.0 Å². The average Bonchev–Trinajstić information content (AvgIpc) is 2.96. The average molecular weight is 366 g/mol. The van der Waals surface area contributed by atoms with Gasteiger partial charge >= 0.3 is 0 Å².